The molecule has 20 heavy (non-hydrogen) atoms. The normalized spacial score (nSPS) is 10.9. The van der Waals surface area contributed by atoms with Gasteiger partial charge in [0.15, 0.2) is 0 Å². The lowest BCUT2D eigenvalue weighted by atomic mass is 10.3. The maximum atomic E-state index is 6.15. The number of halogens is 6. The first-order chi connectivity index (χ1) is 9.41. The van der Waals surface area contributed by atoms with Crippen LogP contribution in [0.4, 0.5) is 0 Å². The summed E-state index contributed by atoms with van der Waals surface area (Å²) >= 11 is 36.1. The molecule has 0 bridgehead atoms. The molecular weight excluding hydrogens is 421 g/mol. The molecule has 0 heterocycles. The Morgan fingerprint density at radius 1 is 0.550 bits per heavy atom. The van der Waals surface area contributed by atoms with Crippen molar-refractivity contribution >= 4 is 91.2 Å². The molecule has 2 rings (SSSR count). The van der Waals surface area contributed by atoms with Gasteiger partial charge >= 0.3 is 0 Å². The molecular formula is C12H4Cl6S2. The first-order valence-corrected chi connectivity index (χ1v) is 9.45. The van der Waals surface area contributed by atoms with Crippen molar-refractivity contribution in [2.45, 2.75) is 9.79 Å². The summed E-state index contributed by atoms with van der Waals surface area (Å²) in [5, 5.41) is 1.80. The second kappa shape index (κ2) is 7.43. The highest BCUT2D eigenvalue weighted by atomic mass is 35.5. The summed E-state index contributed by atoms with van der Waals surface area (Å²) in [7, 11) is 2.81. The molecule has 0 aliphatic heterocycles. The number of benzene rings is 2. The lowest BCUT2D eigenvalue weighted by molar-refractivity contribution is 1.46. The van der Waals surface area contributed by atoms with Gasteiger partial charge in [-0.1, -0.05) is 80.4 Å². The van der Waals surface area contributed by atoms with E-state index in [4.69, 9.17) is 69.6 Å². The molecule has 0 aromatic heterocycles. The second-order valence-corrected chi connectivity index (χ2v) is 8.06. The molecule has 106 valence electrons. The lowest BCUT2D eigenvalue weighted by Gasteiger charge is -2.11. The second-order valence-electron chi connectivity index (χ2n) is 3.52. The molecule has 0 saturated carbocycles. The van der Waals surface area contributed by atoms with Crippen molar-refractivity contribution in [2.24, 2.45) is 0 Å². The SMILES string of the molecule is Clc1ccc(SSc2c(Cl)c(Cl)c(Cl)c(Cl)c2Cl)cc1. The zero-order valence-electron chi connectivity index (χ0n) is 9.39. The van der Waals surface area contributed by atoms with E-state index in [-0.39, 0.29) is 25.1 Å². The molecule has 0 aliphatic carbocycles. The summed E-state index contributed by atoms with van der Waals surface area (Å²) in [6, 6.07) is 7.38. The Kier molecular flexibility index (Phi) is 6.40. The zero-order valence-corrected chi connectivity index (χ0v) is 15.6. The van der Waals surface area contributed by atoms with Crippen LogP contribution in [0.1, 0.15) is 0 Å². The Balaban J connectivity index is 2.28. The molecule has 0 amide bonds. The van der Waals surface area contributed by atoms with Crippen molar-refractivity contribution in [3.8, 4) is 0 Å². The topological polar surface area (TPSA) is 0 Å². The number of rotatable bonds is 3. The molecule has 0 fully saturated rings. The van der Waals surface area contributed by atoms with Crippen LogP contribution < -0.4 is 0 Å². The highest BCUT2D eigenvalue weighted by Crippen LogP contribution is 2.51. The predicted octanol–water partition coefficient (Wildman–Crippen LogP) is 8.41. The van der Waals surface area contributed by atoms with E-state index in [1.807, 2.05) is 12.1 Å². The van der Waals surface area contributed by atoms with Crippen LogP contribution in [0.3, 0.4) is 0 Å². The van der Waals surface area contributed by atoms with Crippen LogP contribution in [0, 0.1) is 0 Å². The summed E-state index contributed by atoms with van der Waals surface area (Å²) in [6.45, 7) is 0. The molecule has 0 unspecified atom stereocenters. The Morgan fingerprint density at radius 2 is 1.00 bits per heavy atom. The predicted molar refractivity (Wildman–Crippen MR) is 94.7 cm³/mol. The van der Waals surface area contributed by atoms with Crippen LogP contribution in [0.5, 0.6) is 0 Å². The lowest BCUT2D eigenvalue weighted by Crippen LogP contribution is -1.82. The fourth-order valence-electron chi connectivity index (χ4n) is 1.24. The number of hydrogen-bond acceptors (Lipinski definition) is 2. The van der Waals surface area contributed by atoms with E-state index in [1.165, 1.54) is 21.6 Å². The average Bonchev–Trinajstić information content (AvgIpc) is 2.45. The molecule has 0 nitrogen and oxygen atoms in total. The van der Waals surface area contributed by atoms with Crippen molar-refractivity contribution in [1.29, 1.82) is 0 Å². The molecule has 0 N–H and O–H groups in total. The van der Waals surface area contributed by atoms with E-state index in [0.29, 0.717) is 9.92 Å². The monoisotopic (exact) mass is 422 g/mol. The van der Waals surface area contributed by atoms with E-state index in [1.54, 1.807) is 12.1 Å². The largest absolute Gasteiger partial charge is 0.0843 e. The van der Waals surface area contributed by atoms with E-state index in [9.17, 15) is 0 Å². The van der Waals surface area contributed by atoms with Gasteiger partial charge in [-0.2, -0.15) is 0 Å². The van der Waals surface area contributed by atoms with Crippen LogP contribution in [-0.4, -0.2) is 0 Å². The highest BCUT2D eigenvalue weighted by molar-refractivity contribution is 8.76. The van der Waals surface area contributed by atoms with E-state index in [2.05, 4.69) is 0 Å². The molecule has 2 aromatic rings. The molecule has 8 heteroatoms. The summed E-state index contributed by atoms with van der Waals surface area (Å²) in [5.41, 5.74) is 0. The van der Waals surface area contributed by atoms with E-state index < -0.39 is 0 Å². The first kappa shape index (κ1) is 17.2. The fraction of sp³-hybridized carbons (Fsp3) is 0. The van der Waals surface area contributed by atoms with Gasteiger partial charge in [-0.25, -0.2) is 0 Å². The fourth-order valence-corrected chi connectivity index (χ4v) is 5.27. The van der Waals surface area contributed by atoms with Crippen LogP contribution >= 0.6 is 91.2 Å². The Labute approximate surface area is 154 Å². The quantitative estimate of drug-likeness (QED) is 0.275. The molecule has 0 atom stereocenters. The van der Waals surface area contributed by atoms with Crippen molar-refractivity contribution in [1.82, 2.24) is 0 Å². The van der Waals surface area contributed by atoms with Gasteiger partial charge < -0.3 is 0 Å². The van der Waals surface area contributed by atoms with Gasteiger partial charge in [-0.05, 0) is 35.1 Å². The smallest absolute Gasteiger partial charge is 0.0809 e. The summed E-state index contributed by atoms with van der Waals surface area (Å²) in [5.74, 6) is 0. The molecule has 0 radical (unpaired) electrons. The minimum atomic E-state index is 0.157. The van der Waals surface area contributed by atoms with Gasteiger partial charge in [0.05, 0.1) is 30.0 Å². The van der Waals surface area contributed by atoms with Gasteiger partial charge in [0.25, 0.3) is 0 Å². The van der Waals surface area contributed by atoms with Crippen LogP contribution in [0.25, 0.3) is 0 Å². The maximum Gasteiger partial charge on any atom is 0.0809 e. The van der Waals surface area contributed by atoms with Gasteiger partial charge in [-0.3, -0.25) is 0 Å². The third kappa shape index (κ3) is 3.80. The van der Waals surface area contributed by atoms with Crippen molar-refractivity contribution < 1.29 is 0 Å². The molecule has 0 saturated heterocycles. The van der Waals surface area contributed by atoms with Crippen molar-refractivity contribution in [3.05, 3.63) is 54.4 Å². The van der Waals surface area contributed by atoms with Crippen molar-refractivity contribution in [2.75, 3.05) is 0 Å². The Morgan fingerprint density at radius 3 is 1.50 bits per heavy atom. The zero-order chi connectivity index (χ0) is 14.9. The third-order valence-corrected chi connectivity index (χ3v) is 7.41. The number of hydrogen-bond donors (Lipinski definition) is 0. The van der Waals surface area contributed by atoms with Crippen LogP contribution in [-0.2, 0) is 0 Å². The van der Waals surface area contributed by atoms with Gasteiger partial charge in [0, 0.05) is 9.92 Å². The first-order valence-electron chi connectivity index (χ1n) is 5.03. The molecule has 0 spiro atoms. The maximum absolute atomic E-state index is 6.15. The van der Waals surface area contributed by atoms with Crippen LogP contribution in [0.15, 0.2) is 34.1 Å². The van der Waals surface area contributed by atoms with Gasteiger partial charge in [0.1, 0.15) is 0 Å². The van der Waals surface area contributed by atoms with Gasteiger partial charge in [0.2, 0.25) is 0 Å². The average molecular weight is 425 g/mol. The van der Waals surface area contributed by atoms with E-state index >= 15 is 0 Å². The van der Waals surface area contributed by atoms with Crippen LogP contribution in [0.2, 0.25) is 30.1 Å². The third-order valence-electron chi connectivity index (χ3n) is 2.20. The molecule has 0 aliphatic rings. The summed E-state index contributed by atoms with van der Waals surface area (Å²) in [6.07, 6.45) is 0. The molecule has 2 aromatic carbocycles. The summed E-state index contributed by atoms with van der Waals surface area (Å²) < 4.78 is 0. The minimum Gasteiger partial charge on any atom is -0.0843 e. The standard InChI is InChI=1S/C12H4Cl6S2/c13-5-1-3-6(4-2-5)19-20-12-10(17)8(15)7(14)9(16)11(12)18/h1-4H. The summed E-state index contributed by atoms with van der Waals surface area (Å²) in [4.78, 5) is 1.57. The highest BCUT2D eigenvalue weighted by Gasteiger charge is 2.20. The van der Waals surface area contributed by atoms with Crippen molar-refractivity contribution in [3.63, 3.8) is 0 Å². The van der Waals surface area contributed by atoms with Gasteiger partial charge in [-0.15, -0.1) is 0 Å². The minimum absolute atomic E-state index is 0.157. The van der Waals surface area contributed by atoms with E-state index in [0.717, 1.165) is 4.90 Å². The Bertz CT molecular complexity index is 612. The Hall–Kier alpha value is 0.880.